The minimum atomic E-state index is -0.0541. The highest BCUT2D eigenvalue weighted by molar-refractivity contribution is 5.91. The lowest BCUT2D eigenvalue weighted by Crippen LogP contribution is -2.51. The smallest absolute Gasteiger partial charge is 0.310 e. The van der Waals surface area contributed by atoms with Gasteiger partial charge in [-0.25, -0.2) is 0 Å². The molecule has 162 valence electrons. The molecule has 1 amide bonds. The molecule has 4 fully saturated rings. The van der Waals surface area contributed by atoms with Gasteiger partial charge in [0.15, 0.2) is 5.76 Å². The summed E-state index contributed by atoms with van der Waals surface area (Å²) in [7, 11) is 0. The molecule has 5 rings (SSSR count). The number of ether oxygens (including phenoxy) is 1. The van der Waals surface area contributed by atoms with Crippen molar-refractivity contribution in [2.75, 3.05) is 32.7 Å². The van der Waals surface area contributed by atoms with Crippen LogP contribution in [0.25, 0.3) is 0 Å². The second-order valence-corrected chi connectivity index (χ2v) is 9.97. The fourth-order valence-electron chi connectivity index (χ4n) is 6.43. The highest BCUT2D eigenvalue weighted by Crippen LogP contribution is 2.56. The number of fused-ring (bicyclic) bond motifs is 2. The Kier molecular flexibility index (Phi) is 5.00. The van der Waals surface area contributed by atoms with Crippen molar-refractivity contribution in [1.29, 1.82) is 0 Å². The number of nitrogens with zero attached hydrogens (tertiary/aromatic N) is 2. The normalized spacial score (nSPS) is 36.9. The van der Waals surface area contributed by atoms with E-state index in [4.69, 9.17) is 9.15 Å². The SMILES string of the molecule is C=C1CCC[C@]2(C)C[C@H]3OC(=O)[C@@H](CN4CCN(C(=O)c5ccco5)CC4)[C@@H]3C[C@@H]12. The number of furan rings is 1. The highest BCUT2D eigenvalue weighted by Gasteiger charge is 2.55. The first-order valence-electron chi connectivity index (χ1n) is 11.4. The third kappa shape index (κ3) is 3.39. The molecular weight excluding hydrogens is 380 g/mol. The van der Waals surface area contributed by atoms with Crippen molar-refractivity contribution in [3.8, 4) is 0 Å². The zero-order valence-electron chi connectivity index (χ0n) is 17.8. The van der Waals surface area contributed by atoms with E-state index in [9.17, 15) is 9.59 Å². The molecule has 2 saturated carbocycles. The Hall–Kier alpha value is -2.08. The van der Waals surface area contributed by atoms with Crippen LogP contribution >= 0.6 is 0 Å². The van der Waals surface area contributed by atoms with Gasteiger partial charge < -0.3 is 14.1 Å². The zero-order chi connectivity index (χ0) is 20.9. The number of esters is 1. The molecule has 2 saturated heterocycles. The Morgan fingerprint density at radius 3 is 2.83 bits per heavy atom. The van der Waals surface area contributed by atoms with Crippen molar-refractivity contribution in [1.82, 2.24) is 9.80 Å². The molecule has 4 aliphatic rings. The van der Waals surface area contributed by atoms with E-state index < -0.39 is 0 Å². The summed E-state index contributed by atoms with van der Waals surface area (Å²) in [5.41, 5.74) is 1.62. The van der Waals surface area contributed by atoms with Gasteiger partial charge in [-0.3, -0.25) is 14.5 Å². The average molecular weight is 413 g/mol. The van der Waals surface area contributed by atoms with Crippen LogP contribution in [0.15, 0.2) is 35.0 Å². The van der Waals surface area contributed by atoms with E-state index in [-0.39, 0.29) is 29.3 Å². The number of hydrogen-bond donors (Lipinski definition) is 0. The maximum atomic E-state index is 12.8. The van der Waals surface area contributed by atoms with E-state index in [0.717, 1.165) is 38.9 Å². The van der Waals surface area contributed by atoms with Gasteiger partial charge in [0.25, 0.3) is 5.91 Å². The second kappa shape index (κ2) is 7.56. The molecule has 6 heteroatoms. The Morgan fingerprint density at radius 1 is 1.30 bits per heavy atom. The number of carbonyl (C=O) groups excluding carboxylic acids is 2. The molecule has 0 spiro atoms. The summed E-state index contributed by atoms with van der Waals surface area (Å²) in [5.74, 6) is 1.08. The van der Waals surface area contributed by atoms with Crippen LogP contribution in [0.1, 0.15) is 49.6 Å². The predicted octanol–water partition coefficient (Wildman–Crippen LogP) is 3.35. The Morgan fingerprint density at radius 2 is 2.10 bits per heavy atom. The monoisotopic (exact) mass is 412 g/mol. The Labute approximate surface area is 178 Å². The summed E-state index contributed by atoms with van der Waals surface area (Å²) in [6.45, 7) is 10.4. The van der Waals surface area contributed by atoms with Crippen LogP contribution in [0, 0.1) is 23.2 Å². The van der Waals surface area contributed by atoms with Crippen LogP contribution in [0.3, 0.4) is 0 Å². The molecule has 1 aromatic heterocycles. The number of piperazine rings is 1. The quantitative estimate of drug-likeness (QED) is 0.563. The minimum absolute atomic E-state index is 0.0213. The lowest BCUT2D eigenvalue weighted by atomic mass is 9.55. The number of amides is 1. The fraction of sp³-hybridized carbons (Fsp3) is 0.667. The van der Waals surface area contributed by atoms with Gasteiger partial charge in [-0.2, -0.15) is 0 Å². The van der Waals surface area contributed by atoms with Crippen molar-refractivity contribution < 1.29 is 18.7 Å². The molecule has 5 atom stereocenters. The molecule has 6 nitrogen and oxygen atoms in total. The zero-order valence-corrected chi connectivity index (χ0v) is 17.8. The lowest BCUT2D eigenvalue weighted by molar-refractivity contribution is -0.146. The molecule has 0 N–H and O–H groups in total. The van der Waals surface area contributed by atoms with Crippen LogP contribution in [-0.2, 0) is 9.53 Å². The van der Waals surface area contributed by atoms with Crippen LogP contribution in [0.5, 0.6) is 0 Å². The molecular formula is C24H32N2O4. The average Bonchev–Trinajstić information content (AvgIpc) is 3.35. The van der Waals surface area contributed by atoms with Gasteiger partial charge in [0.2, 0.25) is 0 Å². The lowest BCUT2D eigenvalue weighted by Gasteiger charge is -2.50. The molecule has 3 heterocycles. The van der Waals surface area contributed by atoms with Gasteiger partial charge in [-0.15, -0.1) is 0 Å². The van der Waals surface area contributed by atoms with Gasteiger partial charge in [0, 0.05) is 38.6 Å². The van der Waals surface area contributed by atoms with Gasteiger partial charge >= 0.3 is 5.97 Å². The van der Waals surface area contributed by atoms with E-state index in [0.29, 0.717) is 30.7 Å². The summed E-state index contributed by atoms with van der Waals surface area (Å²) in [6.07, 6.45) is 7.17. The summed E-state index contributed by atoms with van der Waals surface area (Å²) in [4.78, 5) is 29.4. The van der Waals surface area contributed by atoms with Crippen molar-refractivity contribution >= 4 is 11.9 Å². The van der Waals surface area contributed by atoms with Crippen LogP contribution in [0.2, 0.25) is 0 Å². The standard InChI is InChI=1S/C24H32N2O4/c1-16-5-3-7-24(2)14-21-17(13-19(16)24)18(23(28)30-21)15-25-8-10-26(11-9-25)22(27)20-6-4-12-29-20/h4,6,12,17-19,21H,1,3,5,7-11,13-15H2,2H3/t17-,18-,19-,21+,24+/m0/s1. The van der Waals surface area contributed by atoms with Crippen LogP contribution < -0.4 is 0 Å². The predicted molar refractivity (Wildman–Crippen MR) is 112 cm³/mol. The van der Waals surface area contributed by atoms with Gasteiger partial charge in [0.1, 0.15) is 6.10 Å². The van der Waals surface area contributed by atoms with Gasteiger partial charge in [0.05, 0.1) is 12.2 Å². The number of hydrogen-bond acceptors (Lipinski definition) is 5. The van der Waals surface area contributed by atoms with Crippen molar-refractivity contribution in [3.05, 3.63) is 36.3 Å². The maximum absolute atomic E-state index is 12.8. The highest BCUT2D eigenvalue weighted by atomic mass is 16.6. The first kappa shape index (κ1) is 19.9. The van der Waals surface area contributed by atoms with Gasteiger partial charge in [-0.1, -0.05) is 19.1 Å². The third-order valence-corrected chi connectivity index (χ3v) is 8.17. The number of allylic oxidation sites excluding steroid dienone is 1. The van der Waals surface area contributed by atoms with E-state index in [1.807, 2.05) is 4.90 Å². The summed E-state index contributed by atoms with van der Waals surface area (Å²) in [5, 5.41) is 0. The topological polar surface area (TPSA) is 63.0 Å². The molecule has 0 bridgehead atoms. The summed E-state index contributed by atoms with van der Waals surface area (Å²) in [6, 6.07) is 3.45. The largest absolute Gasteiger partial charge is 0.462 e. The third-order valence-electron chi connectivity index (χ3n) is 8.17. The second-order valence-electron chi connectivity index (χ2n) is 9.97. The molecule has 0 unspecified atom stereocenters. The van der Waals surface area contributed by atoms with Crippen molar-refractivity contribution in [2.24, 2.45) is 23.2 Å². The number of carbonyl (C=O) groups is 2. The molecule has 1 aromatic rings. The van der Waals surface area contributed by atoms with Crippen molar-refractivity contribution in [2.45, 2.75) is 45.1 Å². The van der Waals surface area contributed by atoms with E-state index >= 15 is 0 Å². The Bertz CT molecular complexity index is 826. The molecule has 2 aliphatic carbocycles. The summed E-state index contributed by atoms with van der Waals surface area (Å²) >= 11 is 0. The first-order valence-corrected chi connectivity index (χ1v) is 11.4. The van der Waals surface area contributed by atoms with Crippen LogP contribution in [-0.4, -0.2) is 60.5 Å². The Balaban J connectivity index is 1.21. The molecule has 0 aromatic carbocycles. The van der Waals surface area contributed by atoms with Crippen LogP contribution in [0.4, 0.5) is 0 Å². The fourth-order valence-corrected chi connectivity index (χ4v) is 6.43. The first-order chi connectivity index (χ1) is 14.4. The molecule has 0 radical (unpaired) electrons. The van der Waals surface area contributed by atoms with E-state index in [2.05, 4.69) is 18.4 Å². The molecule has 30 heavy (non-hydrogen) atoms. The molecule has 2 aliphatic heterocycles. The number of rotatable bonds is 3. The van der Waals surface area contributed by atoms with E-state index in [1.54, 1.807) is 12.1 Å². The maximum Gasteiger partial charge on any atom is 0.310 e. The van der Waals surface area contributed by atoms with Gasteiger partial charge in [-0.05, 0) is 55.6 Å². The van der Waals surface area contributed by atoms with Crippen molar-refractivity contribution in [3.63, 3.8) is 0 Å². The summed E-state index contributed by atoms with van der Waals surface area (Å²) < 4.78 is 11.1. The van der Waals surface area contributed by atoms with E-state index in [1.165, 1.54) is 24.7 Å². The minimum Gasteiger partial charge on any atom is -0.462 e.